The van der Waals surface area contributed by atoms with Crippen molar-refractivity contribution in [1.82, 2.24) is 0 Å². The topological polar surface area (TPSA) is 66.4 Å². The normalized spacial score (nSPS) is 13.5. The molecule has 0 fully saturated rings. The van der Waals surface area contributed by atoms with Crippen molar-refractivity contribution in [1.29, 1.82) is 0 Å². The molecule has 4 nitrogen and oxygen atoms in total. The number of sulfone groups is 1. The molecule has 0 saturated heterocycles. The minimum atomic E-state index is -4.53. The lowest BCUT2D eigenvalue weighted by atomic mass is 10.2. The highest BCUT2D eigenvalue weighted by Gasteiger charge is 2.26. The maximum Gasteiger partial charge on any atom is 0.341 e. The fourth-order valence-electron chi connectivity index (χ4n) is 1.45. The molecule has 0 heterocycles. The van der Waals surface area contributed by atoms with Gasteiger partial charge in [0, 0.05) is 12.2 Å². The molecule has 0 amide bonds. The Hall–Kier alpha value is -1.21. The number of anilines is 1. The van der Waals surface area contributed by atoms with Crippen molar-refractivity contribution in [2.75, 3.05) is 11.9 Å². The first-order valence-electron chi connectivity index (χ1n) is 5.92. The van der Waals surface area contributed by atoms with Gasteiger partial charge in [-0.2, -0.15) is 8.78 Å². The van der Waals surface area contributed by atoms with Crippen LogP contribution in [0.15, 0.2) is 29.2 Å². The van der Waals surface area contributed by atoms with Gasteiger partial charge in [0.05, 0.1) is 11.0 Å². The monoisotopic (exact) mass is 293 g/mol. The molecule has 1 aromatic rings. The Morgan fingerprint density at radius 1 is 1.26 bits per heavy atom. The van der Waals surface area contributed by atoms with Crippen molar-refractivity contribution in [3.63, 3.8) is 0 Å². The third-order valence-electron chi connectivity index (χ3n) is 2.70. The van der Waals surface area contributed by atoms with Gasteiger partial charge in [-0.05, 0) is 37.1 Å². The molecule has 19 heavy (non-hydrogen) atoms. The van der Waals surface area contributed by atoms with E-state index in [9.17, 15) is 22.3 Å². The van der Waals surface area contributed by atoms with Crippen molar-refractivity contribution >= 4 is 15.5 Å². The van der Waals surface area contributed by atoms with Crippen LogP contribution in [0.4, 0.5) is 14.5 Å². The van der Waals surface area contributed by atoms with Crippen LogP contribution in [0.2, 0.25) is 0 Å². The van der Waals surface area contributed by atoms with Crippen LogP contribution in [-0.2, 0) is 9.84 Å². The molecule has 0 aliphatic rings. The van der Waals surface area contributed by atoms with E-state index >= 15 is 0 Å². The van der Waals surface area contributed by atoms with Crippen molar-refractivity contribution < 1.29 is 22.3 Å². The van der Waals surface area contributed by atoms with Gasteiger partial charge in [-0.15, -0.1) is 0 Å². The van der Waals surface area contributed by atoms with E-state index in [1.807, 2.05) is 6.92 Å². The van der Waals surface area contributed by atoms with Gasteiger partial charge < -0.3 is 10.4 Å². The van der Waals surface area contributed by atoms with Crippen molar-refractivity contribution in [2.24, 2.45) is 0 Å². The zero-order valence-corrected chi connectivity index (χ0v) is 11.3. The molecule has 1 rings (SSSR count). The van der Waals surface area contributed by atoms with Crippen LogP contribution in [0.5, 0.6) is 0 Å². The lowest BCUT2D eigenvalue weighted by Crippen LogP contribution is -2.13. The summed E-state index contributed by atoms with van der Waals surface area (Å²) in [6.45, 7) is 2.39. The van der Waals surface area contributed by atoms with Gasteiger partial charge in [-0.1, -0.05) is 6.92 Å². The predicted octanol–water partition coefficient (Wildman–Crippen LogP) is 2.26. The van der Waals surface area contributed by atoms with Gasteiger partial charge in [-0.3, -0.25) is 0 Å². The Balaban J connectivity index is 2.62. The minimum absolute atomic E-state index is 0.383. The minimum Gasteiger partial charge on any atom is -0.393 e. The number of hydrogen-bond acceptors (Lipinski definition) is 4. The molecule has 0 aromatic heterocycles. The second kappa shape index (κ2) is 6.81. The average Bonchev–Trinajstić information content (AvgIpc) is 2.39. The molecule has 7 heteroatoms. The maximum atomic E-state index is 12.3. The van der Waals surface area contributed by atoms with Crippen LogP contribution in [0.3, 0.4) is 0 Å². The summed E-state index contributed by atoms with van der Waals surface area (Å²) in [5.74, 6) is -3.41. The Morgan fingerprint density at radius 2 is 1.84 bits per heavy atom. The van der Waals surface area contributed by atoms with E-state index in [-0.39, 0.29) is 6.10 Å². The first-order chi connectivity index (χ1) is 8.87. The molecule has 108 valence electrons. The van der Waals surface area contributed by atoms with Crippen molar-refractivity contribution in [3.8, 4) is 0 Å². The van der Waals surface area contributed by atoms with Gasteiger partial charge >= 0.3 is 5.76 Å². The molecule has 0 spiro atoms. The molecular formula is C12H17F2NO3S. The highest BCUT2D eigenvalue weighted by Crippen LogP contribution is 2.20. The highest BCUT2D eigenvalue weighted by molar-refractivity contribution is 7.91. The van der Waals surface area contributed by atoms with Crippen LogP contribution >= 0.6 is 0 Å². The van der Waals surface area contributed by atoms with Crippen LogP contribution < -0.4 is 5.32 Å². The fraction of sp³-hybridized carbons (Fsp3) is 0.500. The van der Waals surface area contributed by atoms with Gasteiger partial charge in [0.25, 0.3) is 0 Å². The summed E-state index contributed by atoms with van der Waals surface area (Å²) < 4.78 is 47.0. The summed E-state index contributed by atoms with van der Waals surface area (Å²) in [7, 11) is -4.53. The SMILES string of the molecule is CCC(O)CCNc1ccc(S(=O)(=O)C(F)F)cc1. The first kappa shape index (κ1) is 15.8. The zero-order chi connectivity index (χ0) is 14.5. The molecule has 0 aliphatic heterocycles. The molecule has 0 radical (unpaired) electrons. The van der Waals surface area contributed by atoms with E-state index in [2.05, 4.69) is 5.32 Å². The van der Waals surface area contributed by atoms with Crippen LogP contribution in [0.25, 0.3) is 0 Å². The van der Waals surface area contributed by atoms with Crippen LogP contribution in [-0.4, -0.2) is 31.9 Å². The number of aliphatic hydroxyl groups excluding tert-OH is 1. The Morgan fingerprint density at radius 3 is 2.32 bits per heavy atom. The highest BCUT2D eigenvalue weighted by atomic mass is 32.2. The van der Waals surface area contributed by atoms with Crippen LogP contribution in [0, 0.1) is 0 Å². The third-order valence-corrected chi connectivity index (χ3v) is 4.09. The van der Waals surface area contributed by atoms with Crippen LogP contribution in [0.1, 0.15) is 19.8 Å². The maximum absolute atomic E-state index is 12.3. The number of benzene rings is 1. The summed E-state index contributed by atoms with van der Waals surface area (Å²) >= 11 is 0. The number of nitrogens with one attached hydrogen (secondary N) is 1. The Kier molecular flexibility index (Phi) is 5.68. The summed E-state index contributed by atoms with van der Waals surface area (Å²) in [5, 5.41) is 12.3. The van der Waals surface area contributed by atoms with E-state index in [4.69, 9.17) is 0 Å². The third kappa shape index (κ3) is 4.43. The van der Waals surface area contributed by atoms with Gasteiger partial charge in [0.2, 0.25) is 9.84 Å². The van der Waals surface area contributed by atoms with E-state index in [0.717, 1.165) is 12.1 Å². The summed E-state index contributed by atoms with van der Waals surface area (Å²) in [6.07, 6.45) is 0.840. The lowest BCUT2D eigenvalue weighted by molar-refractivity contribution is 0.164. The van der Waals surface area contributed by atoms with Gasteiger partial charge in [-0.25, -0.2) is 8.42 Å². The molecule has 1 unspecified atom stereocenters. The summed E-state index contributed by atoms with van der Waals surface area (Å²) in [4.78, 5) is -0.401. The number of aliphatic hydroxyl groups is 1. The molecule has 2 N–H and O–H groups in total. The second-order valence-corrected chi connectivity index (χ2v) is 6.03. The largest absolute Gasteiger partial charge is 0.393 e. The first-order valence-corrected chi connectivity index (χ1v) is 7.46. The average molecular weight is 293 g/mol. The molecule has 1 aromatic carbocycles. The predicted molar refractivity (Wildman–Crippen MR) is 69.0 cm³/mol. The van der Waals surface area contributed by atoms with E-state index in [1.165, 1.54) is 12.1 Å². The lowest BCUT2D eigenvalue weighted by Gasteiger charge is -2.10. The van der Waals surface area contributed by atoms with E-state index in [0.29, 0.717) is 25.1 Å². The quantitative estimate of drug-likeness (QED) is 0.809. The standard InChI is InChI=1S/C12H17F2NO3S/c1-2-10(16)7-8-15-9-3-5-11(6-4-9)19(17,18)12(13)14/h3-6,10,12,15-16H,2,7-8H2,1H3. The number of alkyl halides is 2. The Bertz CT molecular complexity index is 488. The molecule has 1 atom stereocenters. The van der Waals surface area contributed by atoms with Crippen molar-refractivity contribution in [2.45, 2.75) is 36.5 Å². The summed E-state index contributed by atoms with van der Waals surface area (Å²) in [5.41, 5.74) is 0.622. The van der Waals surface area contributed by atoms with Gasteiger partial charge in [0.15, 0.2) is 0 Å². The number of hydrogen-bond donors (Lipinski definition) is 2. The zero-order valence-electron chi connectivity index (χ0n) is 10.5. The van der Waals surface area contributed by atoms with Gasteiger partial charge in [0.1, 0.15) is 0 Å². The molecular weight excluding hydrogens is 276 g/mol. The van der Waals surface area contributed by atoms with E-state index < -0.39 is 20.5 Å². The summed E-state index contributed by atoms with van der Waals surface area (Å²) in [6, 6.07) is 5.13. The molecule has 0 aliphatic carbocycles. The number of halogens is 2. The smallest absolute Gasteiger partial charge is 0.341 e. The Labute approximate surface area is 111 Å². The molecule has 0 saturated carbocycles. The fourth-order valence-corrected chi connectivity index (χ4v) is 2.17. The molecule has 0 bridgehead atoms. The van der Waals surface area contributed by atoms with E-state index in [1.54, 1.807) is 0 Å². The van der Waals surface area contributed by atoms with Crippen molar-refractivity contribution in [3.05, 3.63) is 24.3 Å². The number of rotatable bonds is 7. The second-order valence-electron chi connectivity index (χ2n) is 4.11.